The molecule has 2 fully saturated rings. The summed E-state index contributed by atoms with van der Waals surface area (Å²) in [6.07, 6.45) is 3.29. The number of nitrogens with zero attached hydrogens (tertiary/aromatic N) is 5. The maximum atomic E-state index is 12.0. The zero-order valence-electron chi connectivity index (χ0n) is 12.1. The second kappa shape index (κ2) is 6.51. The van der Waals surface area contributed by atoms with Crippen LogP contribution in [0.3, 0.4) is 0 Å². The molecule has 22 heavy (non-hydrogen) atoms. The molecule has 1 aromatic rings. The summed E-state index contributed by atoms with van der Waals surface area (Å²) < 4.78 is 6.61. The average molecular weight is 309 g/mol. The quantitative estimate of drug-likeness (QED) is 0.543. The van der Waals surface area contributed by atoms with E-state index < -0.39 is 24.1 Å². The van der Waals surface area contributed by atoms with Gasteiger partial charge in [-0.15, -0.1) is 0 Å². The van der Waals surface area contributed by atoms with Gasteiger partial charge in [0, 0.05) is 19.5 Å². The van der Waals surface area contributed by atoms with Crippen LogP contribution >= 0.6 is 0 Å². The highest BCUT2D eigenvalue weighted by Gasteiger charge is 2.35. The molecule has 3 rings (SSSR count). The fraction of sp³-hybridized carbons (Fsp3) is 0.692. The average Bonchev–Trinajstić information content (AvgIpc) is 3.14. The lowest BCUT2D eigenvalue weighted by molar-refractivity contribution is -0.0462. The van der Waals surface area contributed by atoms with Gasteiger partial charge in [0.05, 0.1) is 19.0 Å². The normalized spacial score (nSPS) is 28.8. The molecule has 0 bridgehead atoms. The van der Waals surface area contributed by atoms with Gasteiger partial charge < -0.3 is 19.8 Å². The van der Waals surface area contributed by atoms with Gasteiger partial charge in [-0.25, -0.2) is 14.8 Å². The summed E-state index contributed by atoms with van der Waals surface area (Å²) in [5.74, 6) is 0.102. The van der Waals surface area contributed by atoms with E-state index in [0.29, 0.717) is 0 Å². The molecule has 0 spiro atoms. The maximum absolute atomic E-state index is 12.0. The highest BCUT2D eigenvalue weighted by molar-refractivity contribution is 5.58. The van der Waals surface area contributed by atoms with Crippen LogP contribution in [0.25, 0.3) is 0 Å². The Bertz CT molecular complexity index is 598. The van der Waals surface area contributed by atoms with Gasteiger partial charge in [0.2, 0.25) is 0 Å². The minimum absolute atomic E-state index is 0.102. The van der Waals surface area contributed by atoms with Crippen molar-refractivity contribution in [2.24, 2.45) is 4.99 Å². The van der Waals surface area contributed by atoms with Crippen molar-refractivity contribution < 1.29 is 14.9 Å². The number of aliphatic hydroxyl groups excluding tert-OH is 2. The van der Waals surface area contributed by atoms with Crippen LogP contribution in [-0.4, -0.2) is 67.9 Å². The Morgan fingerprint density at radius 3 is 2.86 bits per heavy atom. The summed E-state index contributed by atoms with van der Waals surface area (Å²) in [5, 5.41) is 18.8. The number of hydrogen-bond acceptors (Lipinski definition) is 7. The number of ether oxygens (including phenoxy) is 1. The molecule has 0 unspecified atom stereocenters. The lowest BCUT2D eigenvalue weighted by atomic mass is 10.2. The molecule has 3 heterocycles. The van der Waals surface area contributed by atoms with Gasteiger partial charge in [-0.3, -0.25) is 4.57 Å². The van der Waals surface area contributed by atoms with Crippen molar-refractivity contribution in [3.8, 4) is 0 Å². The fourth-order valence-corrected chi connectivity index (χ4v) is 2.64. The molecule has 2 aliphatic rings. The summed E-state index contributed by atoms with van der Waals surface area (Å²) in [4.78, 5) is 26.0. The van der Waals surface area contributed by atoms with Crippen LogP contribution in [0.4, 0.5) is 5.95 Å². The zero-order valence-corrected chi connectivity index (χ0v) is 12.1. The fourth-order valence-electron chi connectivity index (χ4n) is 2.64. The van der Waals surface area contributed by atoms with E-state index in [9.17, 15) is 9.90 Å². The Kier molecular flexibility index (Phi) is 4.46. The van der Waals surface area contributed by atoms with Gasteiger partial charge in [0.25, 0.3) is 5.95 Å². The Labute approximate surface area is 126 Å². The number of rotatable bonds is 4. The van der Waals surface area contributed by atoms with Gasteiger partial charge in [-0.05, 0) is 12.8 Å². The first kappa shape index (κ1) is 15.1. The van der Waals surface area contributed by atoms with E-state index in [1.165, 1.54) is 10.9 Å². The van der Waals surface area contributed by atoms with Gasteiger partial charge in [0.1, 0.15) is 18.7 Å². The largest absolute Gasteiger partial charge is 0.394 e. The standard InChI is InChI=1S/C13H19N5O4/c19-6-10-9(20)5-11(22-10)18-8-15-12(16-13(18)21)14-7-17-3-1-2-4-17/h7-11,19-20H,1-6H2/t9-,10+,11+/m0/s1. The summed E-state index contributed by atoms with van der Waals surface area (Å²) in [5.41, 5.74) is -0.542. The van der Waals surface area contributed by atoms with Crippen LogP contribution in [-0.2, 0) is 4.74 Å². The molecule has 0 radical (unpaired) electrons. The van der Waals surface area contributed by atoms with Crippen LogP contribution in [0.5, 0.6) is 0 Å². The maximum Gasteiger partial charge on any atom is 0.354 e. The van der Waals surface area contributed by atoms with Crippen molar-refractivity contribution in [3.63, 3.8) is 0 Å². The first-order valence-corrected chi connectivity index (χ1v) is 7.35. The Hall–Kier alpha value is -1.84. The molecular formula is C13H19N5O4. The van der Waals surface area contributed by atoms with Crippen molar-refractivity contribution in [2.75, 3.05) is 19.7 Å². The Morgan fingerprint density at radius 2 is 2.23 bits per heavy atom. The lowest BCUT2D eigenvalue weighted by Crippen LogP contribution is -2.28. The summed E-state index contributed by atoms with van der Waals surface area (Å²) >= 11 is 0. The van der Waals surface area contributed by atoms with Crippen molar-refractivity contribution in [1.82, 2.24) is 19.4 Å². The molecule has 120 valence electrons. The molecule has 2 saturated heterocycles. The van der Waals surface area contributed by atoms with Crippen molar-refractivity contribution in [2.45, 2.75) is 37.7 Å². The highest BCUT2D eigenvalue weighted by Crippen LogP contribution is 2.27. The van der Waals surface area contributed by atoms with Crippen molar-refractivity contribution >= 4 is 12.3 Å². The van der Waals surface area contributed by atoms with Crippen molar-refractivity contribution in [3.05, 3.63) is 16.8 Å². The number of aliphatic imine (C=N–C) groups is 1. The SMILES string of the molecule is O=c1nc(N=CN2CCCC2)ncn1[C@H]1C[C@H](O)[C@@H](CO)O1. The van der Waals surface area contributed by atoms with Crippen LogP contribution in [0.2, 0.25) is 0 Å². The molecule has 3 atom stereocenters. The third kappa shape index (κ3) is 3.16. The molecule has 0 aliphatic carbocycles. The van der Waals surface area contributed by atoms with E-state index in [1.807, 2.05) is 0 Å². The van der Waals surface area contributed by atoms with Crippen molar-refractivity contribution in [1.29, 1.82) is 0 Å². The van der Waals surface area contributed by atoms with Gasteiger partial charge in [-0.1, -0.05) is 0 Å². The predicted octanol–water partition coefficient (Wildman–Crippen LogP) is -0.965. The van der Waals surface area contributed by atoms with E-state index in [-0.39, 0.29) is 19.0 Å². The second-order valence-corrected chi connectivity index (χ2v) is 5.45. The Morgan fingerprint density at radius 1 is 1.45 bits per heavy atom. The topological polar surface area (TPSA) is 113 Å². The van der Waals surface area contributed by atoms with E-state index >= 15 is 0 Å². The smallest absolute Gasteiger partial charge is 0.354 e. The lowest BCUT2D eigenvalue weighted by Gasteiger charge is -2.13. The zero-order chi connectivity index (χ0) is 15.5. The van der Waals surface area contributed by atoms with Gasteiger partial charge in [-0.2, -0.15) is 4.98 Å². The summed E-state index contributed by atoms with van der Waals surface area (Å²) in [6.45, 7) is 1.61. The molecule has 1 aromatic heterocycles. The first-order chi connectivity index (χ1) is 10.7. The molecule has 9 heteroatoms. The number of aromatic nitrogens is 3. The van der Waals surface area contributed by atoms with Crippen LogP contribution in [0.1, 0.15) is 25.5 Å². The minimum atomic E-state index is -0.810. The van der Waals surface area contributed by atoms with E-state index in [1.54, 1.807) is 6.34 Å². The molecule has 2 aliphatic heterocycles. The second-order valence-electron chi connectivity index (χ2n) is 5.45. The summed E-state index contributed by atoms with van der Waals surface area (Å²) in [7, 11) is 0. The minimum Gasteiger partial charge on any atom is -0.394 e. The number of aliphatic hydroxyl groups is 2. The third-order valence-electron chi connectivity index (χ3n) is 3.89. The van der Waals surface area contributed by atoms with E-state index in [4.69, 9.17) is 9.84 Å². The Balaban J connectivity index is 1.71. The molecule has 9 nitrogen and oxygen atoms in total. The third-order valence-corrected chi connectivity index (χ3v) is 3.89. The molecule has 0 amide bonds. The van der Waals surface area contributed by atoms with Crippen LogP contribution in [0.15, 0.2) is 16.1 Å². The number of hydrogen-bond donors (Lipinski definition) is 2. The van der Waals surface area contributed by atoms with Gasteiger partial charge in [0.15, 0.2) is 0 Å². The van der Waals surface area contributed by atoms with E-state index in [0.717, 1.165) is 25.9 Å². The van der Waals surface area contributed by atoms with Crippen LogP contribution in [0, 0.1) is 0 Å². The highest BCUT2D eigenvalue weighted by atomic mass is 16.5. The first-order valence-electron chi connectivity index (χ1n) is 7.35. The van der Waals surface area contributed by atoms with Crippen LogP contribution < -0.4 is 5.69 Å². The summed E-state index contributed by atoms with van der Waals surface area (Å²) in [6, 6.07) is 0. The monoisotopic (exact) mass is 309 g/mol. The molecule has 0 aromatic carbocycles. The van der Waals surface area contributed by atoms with Gasteiger partial charge >= 0.3 is 5.69 Å². The molecule has 2 N–H and O–H groups in total. The molecule has 0 saturated carbocycles. The van der Waals surface area contributed by atoms with E-state index in [2.05, 4.69) is 19.9 Å². The number of likely N-dealkylation sites (tertiary alicyclic amines) is 1. The molecular weight excluding hydrogens is 290 g/mol. The predicted molar refractivity (Wildman–Crippen MR) is 76.9 cm³/mol.